The second-order valence-electron chi connectivity index (χ2n) is 7.30. The number of rotatable bonds is 4. The van der Waals surface area contributed by atoms with Gasteiger partial charge in [-0.25, -0.2) is 4.79 Å². The van der Waals surface area contributed by atoms with Crippen LogP contribution < -0.4 is 10.6 Å². The van der Waals surface area contributed by atoms with E-state index < -0.39 is 0 Å². The largest absolute Gasteiger partial charge is 0.334 e. The Morgan fingerprint density at radius 3 is 2.38 bits per heavy atom. The van der Waals surface area contributed by atoms with Crippen LogP contribution >= 0.6 is 11.3 Å². The van der Waals surface area contributed by atoms with Gasteiger partial charge in [-0.05, 0) is 56.6 Å². The van der Waals surface area contributed by atoms with Crippen molar-refractivity contribution in [2.24, 2.45) is 0 Å². The van der Waals surface area contributed by atoms with E-state index in [1.807, 2.05) is 30.3 Å². The van der Waals surface area contributed by atoms with Crippen LogP contribution in [0.1, 0.15) is 31.9 Å². The molecule has 1 heterocycles. The van der Waals surface area contributed by atoms with Gasteiger partial charge >= 0.3 is 6.03 Å². The first-order valence-electron chi connectivity index (χ1n) is 8.69. The first-order chi connectivity index (χ1) is 12.4. The second kappa shape index (κ2) is 7.75. The molecule has 3 aromatic rings. The van der Waals surface area contributed by atoms with Gasteiger partial charge in [0.15, 0.2) is 0 Å². The Balaban J connectivity index is 1.62. The highest BCUT2D eigenvalue weighted by molar-refractivity contribution is 7.08. The van der Waals surface area contributed by atoms with Gasteiger partial charge in [-0.1, -0.05) is 57.2 Å². The number of hydrogen-bond donors (Lipinski definition) is 2. The minimum atomic E-state index is -0.200. The lowest BCUT2D eigenvalue weighted by Crippen LogP contribution is -2.28. The van der Waals surface area contributed by atoms with E-state index in [1.165, 1.54) is 11.1 Å². The van der Waals surface area contributed by atoms with Gasteiger partial charge in [-0.3, -0.25) is 0 Å². The first-order valence-corrected chi connectivity index (χ1v) is 9.63. The minimum absolute atomic E-state index is 0.103. The van der Waals surface area contributed by atoms with E-state index in [-0.39, 0.29) is 11.4 Å². The lowest BCUT2D eigenvalue weighted by molar-refractivity contribution is 0.252. The highest BCUT2D eigenvalue weighted by Crippen LogP contribution is 2.26. The van der Waals surface area contributed by atoms with Crippen molar-refractivity contribution in [1.82, 2.24) is 5.32 Å². The third kappa shape index (κ3) is 4.52. The molecule has 0 unspecified atom stereocenters. The highest BCUT2D eigenvalue weighted by atomic mass is 32.1. The van der Waals surface area contributed by atoms with Crippen molar-refractivity contribution >= 4 is 23.1 Å². The number of amides is 2. The molecule has 3 rings (SSSR count). The van der Waals surface area contributed by atoms with Gasteiger partial charge < -0.3 is 10.6 Å². The van der Waals surface area contributed by atoms with Gasteiger partial charge in [0, 0.05) is 12.2 Å². The summed E-state index contributed by atoms with van der Waals surface area (Å²) < 4.78 is 0. The molecule has 0 radical (unpaired) electrons. The van der Waals surface area contributed by atoms with Crippen LogP contribution in [0, 0.1) is 0 Å². The number of carbonyl (C=O) groups excluding carboxylic acids is 1. The summed E-state index contributed by atoms with van der Waals surface area (Å²) >= 11 is 1.67. The average molecular weight is 365 g/mol. The predicted molar refractivity (Wildman–Crippen MR) is 111 cm³/mol. The third-order valence-electron chi connectivity index (χ3n) is 4.30. The van der Waals surface area contributed by atoms with Crippen molar-refractivity contribution in [2.45, 2.75) is 32.7 Å². The molecule has 0 aliphatic rings. The monoisotopic (exact) mass is 364 g/mol. The molecule has 0 aliphatic carbocycles. The molecule has 3 nitrogen and oxygen atoms in total. The Morgan fingerprint density at radius 1 is 1.00 bits per heavy atom. The minimum Gasteiger partial charge on any atom is -0.334 e. The molecule has 2 N–H and O–H groups in total. The van der Waals surface area contributed by atoms with Crippen molar-refractivity contribution < 1.29 is 4.79 Å². The molecular weight excluding hydrogens is 340 g/mol. The Kier molecular flexibility index (Phi) is 5.43. The second-order valence-corrected chi connectivity index (χ2v) is 8.08. The molecule has 2 aromatic carbocycles. The van der Waals surface area contributed by atoms with E-state index in [2.05, 4.69) is 66.4 Å². The van der Waals surface area contributed by atoms with Crippen molar-refractivity contribution in [3.8, 4) is 11.1 Å². The van der Waals surface area contributed by atoms with Gasteiger partial charge in [0.25, 0.3) is 0 Å². The zero-order valence-corrected chi connectivity index (χ0v) is 16.2. The molecule has 0 aliphatic heterocycles. The highest BCUT2D eigenvalue weighted by Gasteiger charge is 2.13. The molecule has 0 spiro atoms. The van der Waals surface area contributed by atoms with Crippen LogP contribution in [0.4, 0.5) is 10.5 Å². The molecule has 0 saturated carbocycles. The molecule has 4 heteroatoms. The van der Waals surface area contributed by atoms with E-state index in [0.717, 1.165) is 16.8 Å². The summed E-state index contributed by atoms with van der Waals surface area (Å²) in [7, 11) is 0. The molecule has 0 saturated heterocycles. The van der Waals surface area contributed by atoms with E-state index in [1.54, 1.807) is 11.3 Å². The number of urea groups is 1. The van der Waals surface area contributed by atoms with Crippen molar-refractivity contribution in [3.63, 3.8) is 0 Å². The van der Waals surface area contributed by atoms with Crippen LogP contribution in [-0.2, 0) is 12.0 Å². The SMILES string of the molecule is CC(C)(C)c1ccc(NC(=O)NCc2ccccc2-c2ccsc2)cc1. The number of benzene rings is 2. The Hall–Kier alpha value is -2.59. The van der Waals surface area contributed by atoms with E-state index >= 15 is 0 Å². The van der Waals surface area contributed by atoms with E-state index in [9.17, 15) is 4.79 Å². The van der Waals surface area contributed by atoms with Gasteiger partial charge in [0.1, 0.15) is 0 Å². The van der Waals surface area contributed by atoms with Crippen LogP contribution in [0.25, 0.3) is 11.1 Å². The van der Waals surface area contributed by atoms with E-state index in [0.29, 0.717) is 6.54 Å². The fraction of sp³-hybridized carbons (Fsp3) is 0.227. The summed E-state index contributed by atoms with van der Waals surface area (Å²) in [5, 5.41) is 10.0. The average Bonchev–Trinajstić information content (AvgIpc) is 3.14. The Morgan fingerprint density at radius 2 is 1.73 bits per heavy atom. The van der Waals surface area contributed by atoms with Crippen LogP contribution in [-0.4, -0.2) is 6.03 Å². The summed E-state index contributed by atoms with van der Waals surface area (Å²) in [6.45, 7) is 7.01. The van der Waals surface area contributed by atoms with Gasteiger partial charge in [-0.2, -0.15) is 11.3 Å². The summed E-state index contributed by atoms with van der Waals surface area (Å²) in [6.07, 6.45) is 0. The van der Waals surface area contributed by atoms with Crippen molar-refractivity contribution in [2.75, 3.05) is 5.32 Å². The van der Waals surface area contributed by atoms with E-state index in [4.69, 9.17) is 0 Å². The quantitative estimate of drug-likeness (QED) is 0.583. The Labute approximate surface area is 159 Å². The van der Waals surface area contributed by atoms with Crippen LogP contribution in [0.3, 0.4) is 0 Å². The number of thiophene rings is 1. The summed E-state index contributed by atoms with van der Waals surface area (Å²) in [6, 6.07) is 18.0. The fourth-order valence-electron chi connectivity index (χ4n) is 2.78. The molecule has 0 atom stereocenters. The number of hydrogen-bond acceptors (Lipinski definition) is 2. The fourth-order valence-corrected chi connectivity index (χ4v) is 3.43. The van der Waals surface area contributed by atoms with Crippen LogP contribution in [0.5, 0.6) is 0 Å². The molecule has 1 aromatic heterocycles. The zero-order chi connectivity index (χ0) is 18.6. The van der Waals surface area contributed by atoms with Gasteiger partial charge in [0.2, 0.25) is 0 Å². The number of carbonyl (C=O) groups is 1. The molecule has 26 heavy (non-hydrogen) atoms. The van der Waals surface area contributed by atoms with Crippen molar-refractivity contribution in [1.29, 1.82) is 0 Å². The maximum atomic E-state index is 12.2. The van der Waals surface area contributed by atoms with Crippen LogP contribution in [0.2, 0.25) is 0 Å². The topological polar surface area (TPSA) is 41.1 Å². The number of anilines is 1. The molecule has 2 amide bonds. The smallest absolute Gasteiger partial charge is 0.319 e. The van der Waals surface area contributed by atoms with Gasteiger partial charge in [-0.15, -0.1) is 0 Å². The van der Waals surface area contributed by atoms with Gasteiger partial charge in [0.05, 0.1) is 0 Å². The normalized spacial score (nSPS) is 11.2. The van der Waals surface area contributed by atoms with Crippen molar-refractivity contribution in [3.05, 3.63) is 76.5 Å². The molecular formula is C22H24N2OS. The summed E-state index contributed by atoms with van der Waals surface area (Å²) in [4.78, 5) is 12.2. The predicted octanol–water partition coefficient (Wildman–Crippen LogP) is 6.03. The number of nitrogens with one attached hydrogen (secondary N) is 2. The molecule has 0 bridgehead atoms. The first kappa shape index (κ1) is 18.2. The molecule has 0 fully saturated rings. The van der Waals surface area contributed by atoms with Crippen LogP contribution in [0.15, 0.2) is 65.4 Å². The lowest BCUT2D eigenvalue weighted by Gasteiger charge is -2.19. The maximum absolute atomic E-state index is 12.2. The maximum Gasteiger partial charge on any atom is 0.319 e. The zero-order valence-electron chi connectivity index (χ0n) is 15.4. The Bertz CT molecular complexity index is 862. The summed E-state index contributed by atoms with van der Waals surface area (Å²) in [5.74, 6) is 0. The standard InChI is InChI=1S/C22H24N2OS/c1-22(2,3)18-8-10-19(11-9-18)24-21(25)23-14-16-6-4-5-7-20(16)17-12-13-26-15-17/h4-13,15H,14H2,1-3H3,(H2,23,24,25). The summed E-state index contributed by atoms with van der Waals surface area (Å²) in [5.41, 5.74) is 5.58. The third-order valence-corrected chi connectivity index (χ3v) is 4.98. The lowest BCUT2D eigenvalue weighted by atomic mass is 9.87. The molecule has 134 valence electrons.